The van der Waals surface area contributed by atoms with Crippen LogP contribution < -0.4 is 10.6 Å². The molecule has 0 aliphatic heterocycles. The Kier molecular flexibility index (Phi) is 7.27. The summed E-state index contributed by atoms with van der Waals surface area (Å²) >= 11 is 0. The first-order valence-electron chi connectivity index (χ1n) is 10.9. The number of Topliss-reactive ketones (excluding diaryl/α,β-unsaturated/α-hetero) is 1. The molecule has 2 amide bonds. The maximum absolute atomic E-state index is 12.3. The highest BCUT2D eigenvalue weighted by molar-refractivity contribution is 6.05. The largest absolute Gasteiger partial charge is 0.457 e. The van der Waals surface area contributed by atoms with Crippen LogP contribution in [0.2, 0.25) is 0 Å². The molecule has 0 saturated heterocycles. The number of carbonyl (C=O) groups is 4. The average Bonchev–Trinajstić information content (AvgIpc) is 3.32. The minimum Gasteiger partial charge on any atom is -0.457 e. The SMILES string of the molecule is O=C(CCNC(=O)c1n[nH]c2ccccc12)OCC(=O)c1ccc(NC(=O)c2ccccc2)cc1. The molecule has 0 aliphatic carbocycles. The third-order valence-corrected chi connectivity index (χ3v) is 5.17. The Labute approximate surface area is 200 Å². The Balaban J connectivity index is 1.20. The van der Waals surface area contributed by atoms with E-state index in [-0.39, 0.29) is 30.3 Å². The highest BCUT2D eigenvalue weighted by Gasteiger charge is 2.15. The summed E-state index contributed by atoms with van der Waals surface area (Å²) in [6.45, 7) is -0.380. The van der Waals surface area contributed by atoms with Crippen LogP contribution in [0.1, 0.15) is 37.6 Å². The minimum atomic E-state index is -0.614. The molecule has 176 valence electrons. The maximum Gasteiger partial charge on any atom is 0.308 e. The van der Waals surface area contributed by atoms with Gasteiger partial charge in [0.15, 0.2) is 18.1 Å². The van der Waals surface area contributed by atoms with Crippen LogP contribution in [0, 0.1) is 0 Å². The molecule has 0 aliphatic rings. The number of nitrogens with zero attached hydrogens (tertiary/aromatic N) is 1. The van der Waals surface area contributed by atoms with Gasteiger partial charge >= 0.3 is 5.97 Å². The Hall–Kier alpha value is -4.79. The number of H-pyrrole nitrogens is 1. The van der Waals surface area contributed by atoms with Crippen molar-refractivity contribution in [3.63, 3.8) is 0 Å². The van der Waals surface area contributed by atoms with Crippen LogP contribution in [-0.2, 0) is 9.53 Å². The molecular formula is C26H22N4O5. The fourth-order valence-electron chi connectivity index (χ4n) is 3.33. The molecule has 0 fully saturated rings. The average molecular weight is 470 g/mol. The molecule has 0 spiro atoms. The Morgan fingerprint density at radius 1 is 0.800 bits per heavy atom. The summed E-state index contributed by atoms with van der Waals surface area (Å²) in [5, 5.41) is 12.8. The number of nitrogens with one attached hydrogen (secondary N) is 3. The van der Waals surface area contributed by atoms with Crippen LogP contribution in [0.15, 0.2) is 78.9 Å². The van der Waals surface area contributed by atoms with E-state index in [0.717, 1.165) is 5.52 Å². The molecule has 0 radical (unpaired) electrons. The number of benzene rings is 3. The molecule has 3 aromatic carbocycles. The smallest absolute Gasteiger partial charge is 0.308 e. The van der Waals surface area contributed by atoms with Crippen molar-refractivity contribution in [2.45, 2.75) is 6.42 Å². The fraction of sp³-hybridized carbons (Fsp3) is 0.115. The van der Waals surface area contributed by atoms with E-state index in [1.54, 1.807) is 60.7 Å². The molecule has 1 heterocycles. The van der Waals surface area contributed by atoms with E-state index in [9.17, 15) is 19.2 Å². The Bertz CT molecular complexity index is 1360. The van der Waals surface area contributed by atoms with E-state index in [2.05, 4.69) is 20.8 Å². The first kappa shape index (κ1) is 23.4. The molecule has 4 rings (SSSR count). The van der Waals surface area contributed by atoms with Gasteiger partial charge in [-0.3, -0.25) is 24.3 Å². The van der Waals surface area contributed by atoms with Crippen molar-refractivity contribution in [3.05, 3.63) is 95.7 Å². The van der Waals surface area contributed by atoms with Crippen molar-refractivity contribution in [1.29, 1.82) is 0 Å². The summed E-state index contributed by atoms with van der Waals surface area (Å²) in [6.07, 6.45) is -0.0914. The summed E-state index contributed by atoms with van der Waals surface area (Å²) in [5.41, 5.74) is 2.38. The number of amides is 2. The zero-order valence-corrected chi connectivity index (χ0v) is 18.6. The first-order chi connectivity index (χ1) is 17.0. The van der Waals surface area contributed by atoms with E-state index >= 15 is 0 Å². The summed E-state index contributed by atoms with van der Waals surface area (Å²) in [7, 11) is 0. The van der Waals surface area contributed by atoms with Gasteiger partial charge in [-0.15, -0.1) is 0 Å². The number of ketones is 1. The van der Waals surface area contributed by atoms with E-state index < -0.39 is 18.5 Å². The second-order valence-corrected chi connectivity index (χ2v) is 7.61. The number of esters is 1. The van der Waals surface area contributed by atoms with Crippen LogP contribution in [-0.4, -0.2) is 46.9 Å². The highest BCUT2D eigenvalue weighted by Crippen LogP contribution is 2.15. The fourth-order valence-corrected chi connectivity index (χ4v) is 3.33. The number of ether oxygens (including phenoxy) is 1. The number of carbonyl (C=O) groups excluding carboxylic acids is 4. The van der Waals surface area contributed by atoms with Gasteiger partial charge in [-0.2, -0.15) is 5.10 Å². The zero-order valence-electron chi connectivity index (χ0n) is 18.6. The molecule has 3 N–H and O–H groups in total. The molecule has 0 atom stereocenters. The number of anilines is 1. The number of hydrogen-bond acceptors (Lipinski definition) is 6. The summed E-state index contributed by atoms with van der Waals surface area (Å²) in [4.78, 5) is 48.8. The van der Waals surface area contributed by atoms with Crippen LogP contribution >= 0.6 is 0 Å². The topological polar surface area (TPSA) is 130 Å². The lowest BCUT2D eigenvalue weighted by molar-refractivity contribution is -0.142. The van der Waals surface area contributed by atoms with E-state index in [1.807, 2.05) is 18.2 Å². The third kappa shape index (κ3) is 5.97. The van der Waals surface area contributed by atoms with Crippen molar-refractivity contribution in [2.24, 2.45) is 0 Å². The van der Waals surface area contributed by atoms with Crippen molar-refractivity contribution in [1.82, 2.24) is 15.5 Å². The maximum atomic E-state index is 12.3. The van der Waals surface area contributed by atoms with E-state index in [4.69, 9.17) is 4.74 Å². The number of aromatic amines is 1. The van der Waals surface area contributed by atoms with E-state index in [1.165, 1.54) is 0 Å². The van der Waals surface area contributed by atoms with Gasteiger partial charge in [-0.25, -0.2) is 0 Å². The summed E-state index contributed by atoms with van der Waals surface area (Å²) in [5.74, 6) is -1.67. The van der Waals surface area contributed by atoms with Gasteiger partial charge in [-0.05, 0) is 42.5 Å². The Morgan fingerprint density at radius 2 is 1.51 bits per heavy atom. The molecule has 0 bridgehead atoms. The molecule has 0 saturated carbocycles. The highest BCUT2D eigenvalue weighted by atomic mass is 16.5. The number of hydrogen-bond donors (Lipinski definition) is 3. The molecule has 9 heteroatoms. The van der Waals surface area contributed by atoms with Crippen molar-refractivity contribution >= 4 is 40.2 Å². The molecule has 35 heavy (non-hydrogen) atoms. The normalized spacial score (nSPS) is 10.5. The first-order valence-corrected chi connectivity index (χ1v) is 10.9. The molecule has 9 nitrogen and oxygen atoms in total. The van der Waals surface area contributed by atoms with Gasteiger partial charge in [0.25, 0.3) is 11.8 Å². The van der Waals surface area contributed by atoms with Gasteiger partial charge in [0.05, 0.1) is 11.9 Å². The van der Waals surface area contributed by atoms with Crippen molar-refractivity contribution in [2.75, 3.05) is 18.5 Å². The summed E-state index contributed by atoms with van der Waals surface area (Å²) in [6, 6.07) is 22.3. The number of para-hydroxylation sites is 1. The van der Waals surface area contributed by atoms with Crippen LogP contribution in [0.4, 0.5) is 5.69 Å². The van der Waals surface area contributed by atoms with Crippen LogP contribution in [0.3, 0.4) is 0 Å². The van der Waals surface area contributed by atoms with Crippen molar-refractivity contribution < 1.29 is 23.9 Å². The van der Waals surface area contributed by atoms with Gasteiger partial charge in [0, 0.05) is 28.7 Å². The van der Waals surface area contributed by atoms with E-state index in [0.29, 0.717) is 22.2 Å². The summed E-state index contributed by atoms with van der Waals surface area (Å²) < 4.78 is 5.02. The zero-order chi connectivity index (χ0) is 24.6. The lowest BCUT2D eigenvalue weighted by Gasteiger charge is -2.07. The van der Waals surface area contributed by atoms with Crippen molar-refractivity contribution in [3.8, 4) is 0 Å². The van der Waals surface area contributed by atoms with Gasteiger partial charge < -0.3 is 15.4 Å². The van der Waals surface area contributed by atoms with Gasteiger partial charge in [0.1, 0.15) is 0 Å². The molecular weight excluding hydrogens is 448 g/mol. The predicted molar refractivity (Wildman–Crippen MR) is 129 cm³/mol. The minimum absolute atomic E-state index is 0.0445. The molecule has 0 unspecified atom stereocenters. The molecule has 4 aromatic rings. The quantitative estimate of drug-likeness (QED) is 0.254. The van der Waals surface area contributed by atoms with Crippen LogP contribution in [0.25, 0.3) is 10.9 Å². The number of rotatable bonds is 9. The second kappa shape index (κ2) is 10.9. The molecule has 1 aromatic heterocycles. The van der Waals surface area contributed by atoms with Gasteiger partial charge in [-0.1, -0.05) is 36.4 Å². The Morgan fingerprint density at radius 3 is 2.29 bits per heavy atom. The monoisotopic (exact) mass is 470 g/mol. The second-order valence-electron chi connectivity index (χ2n) is 7.61. The predicted octanol–water partition coefficient (Wildman–Crippen LogP) is 3.36. The standard InChI is InChI=1S/C26H22N4O5/c31-22(17-10-12-19(13-11-17)28-25(33)18-6-2-1-3-7-18)16-35-23(32)14-15-27-26(34)24-20-8-4-5-9-21(20)29-30-24/h1-13H,14-16H2,(H,27,34)(H,28,33)(H,29,30). The van der Waals surface area contributed by atoms with Gasteiger partial charge in [0.2, 0.25) is 0 Å². The lowest BCUT2D eigenvalue weighted by Crippen LogP contribution is -2.27. The third-order valence-electron chi connectivity index (χ3n) is 5.17. The van der Waals surface area contributed by atoms with Crippen LogP contribution in [0.5, 0.6) is 0 Å². The lowest BCUT2D eigenvalue weighted by atomic mass is 10.1. The number of fused-ring (bicyclic) bond motifs is 1. The number of aromatic nitrogens is 2.